The summed E-state index contributed by atoms with van der Waals surface area (Å²) in [6.45, 7) is 1.41. The van der Waals surface area contributed by atoms with Crippen LogP contribution in [0.2, 0.25) is 0 Å². The Morgan fingerprint density at radius 3 is 2.24 bits per heavy atom. The second kappa shape index (κ2) is 15.2. The standard InChI is InChI=1S/C25H36N8O8/c1-12(34)20(33-21(37)15(26)6-4-8-29-25(27)28)23(39)31-17(10-19(35)36)22(38)32-18(24(40)41)9-13-11-30-16-7-3-2-5-14(13)16/h2-3,5,7,11-12,15,17-18,20,30,34H,4,6,8-10,26H2,1H3,(H,31,39)(H,32,38)(H,33,37)(H,35,36)(H,40,41)(H4,27,28,29). The number of nitrogens with one attached hydrogen (secondary N) is 4. The molecular formula is C25H36N8O8. The van der Waals surface area contributed by atoms with E-state index in [0.29, 0.717) is 12.0 Å². The van der Waals surface area contributed by atoms with Gasteiger partial charge < -0.3 is 53.5 Å². The minimum Gasteiger partial charge on any atom is -0.481 e. The van der Waals surface area contributed by atoms with Gasteiger partial charge in [0.1, 0.15) is 18.1 Å². The molecule has 3 amide bonds. The molecule has 2 rings (SSSR count). The molecule has 2 aromatic rings. The van der Waals surface area contributed by atoms with Gasteiger partial charge in [0.15, 0.2) is 5.96 Å². The molecule has 1 heterocycles. The number of amides is 3. The lowest BCUT2D eigenvalue weighted by atomic mass is 10.0. The Hall–Kier alpha value is -4.70. The zero-order valence-corrected chi connectivity index (χ0v) is 22.4. The molecule has 0 fully saturated rings. The number of rotatable bonds is 16. The molecule has 5 unspecified atom stereocenters. The van der Waals surface area contributed by atoms with E-state index in [2.05, 4.69) is 25.9 Å². The Bertz CT molecular complexity index is 1270. The van der Waals surface area contributed by atoms with Gasteiger partial charge in [-0.3, -0.25) is 24.2 Å². The van der Waals surface area contributed by atoms with E-state index in [1.807, 2.05) is 0 Å². The van der Waals surface area contributed by atoms with E-state index in [1.165, 1.54) is 6.92 Å². The van der Waals surface area contributed by atoms with Crippen molar-refractivity contribution in [1.29, 1.82) is 0 Å². The number of carbonyl (C=O) groups is 5. The zero-order chi connectivity index (χ0) is 30.7. The minimum absolute atomic E-state index is 0.124. The summed E-state index contributed by atoms with van der Waals surface area (Å²) in [5, 5.41) is 36.6. The first kappa shape index (κ1) is 32.5. The first-order chi connectivity index (χ1) is 19.3. The summed E-state index contributed by atoms with van der Waals surface area (Å²) in [7, 11) is 0. The molecule has 13 N–H and O–H groups in total. The lowest BCUT2D eigenvalue weighted by molar-refractivity contribution is -0.143. The van der Waals surface area contributed by atoms with Crippen molar-refractivity contribution >= 4 is 46.5 Å². The van der Waals surface area contributed by atoms with Gasteiger partial charge in [-0.15, -0.1) is 0 Å². The molecule has 0 aliphatic carbocycles. The minimum atomic E-state index is -1.73. The molecular weight excluding hydrogens is 540 g/mol. The van der Waals surface area contributed by atoms with Crippen molar-refractivity contribution < 1.29 is 39.3 Å². The Morgan fingerprint density at radius 2 is 1.63 bits per heavy atom. The molecule has 16 heteroatoms. The van der Waals surface area contributed by atoms with Gasteiger partial charge in [-0.25, -0.2) is 4.79 Å². The van der Waals surface area contributed by atoms with Gasteiger partial charge in [0.25, 0.3) is 0 Å². The van der Waals surface area contributed by atoms with E-state index in [9.17, 15) is 39.3 Å². The van der Waals surface area contributed by atoms with Crippen LogP contribution in [0, 0.1) is 0 Å². The highest BCUT2D eigenvalue weighted by Gasteiger charge is 2.33. The van der Waals surface area contributed by atoms with Crippen LogP contribution in [-0.4, -0.2) is 92.7 Å². The van der Waals surface area contributed by atoms with E-state index in [4.69, 9.17) is 17.2 Å². The number of aromatic amines is 1. The summed E-state index contributed by atoms with van der Waals surface area (Å²) in [6, 6.07) is 1.26. The Balaban J connectivity index is 2.10. The predicted octanol–water partition coefficient (Wildman–Crippen LogP) is -2.51. The Kier molecular flexibility index (Phi) is 12.0. The second-order valence-electron chi connectivity index (χ2n) is 9.40. The maximum absolute atomic E-state index is 13.0. The average molecular weight is 577 g/mol. The van der Waals surface area contributed by atoms with Gasteiger partial charge in [-0.1, -0.05) is 18.2 Å². The fraction of sp³-hybridized carbons (Fsp3) is 0.440. The highest BCUT2D eigenvalue weighted by Crippen LogP contribution is 2.19. The summed E-state index contributed by atoms with van der Waals surface area (Å²) in [5.41, 5.74) is 17.7. The average Bonchev–Trinajstić information content (AvgIpc) is 3.30. The fourth-order valence-corrected chi connectivity index (χ4v) is 3.95. The summed E-state index contributed by atoms with van der Waals surface area (Å²) >= 11 is 0. The molecule has 41 heavy (non-hydrogen) atoms. The number of aromatic nitrogens is 1. The topological polar surface area (TPSA) is 288 Å². The number of benzene rings is 1. The van der Waals surface area contributed by atoms with E-state index < -0.39 is 66.4 Å². The number of hydrogen-bond acceptors (Lipinski definition) is 8. The smallest absolute Gasteiger partial charge is 0.326 e. The first-order valence-corrected chi connectivity index (χ1v) is 12.7. The van der Waals surface area contributed by atoms with Crippen molar-refractivity contribution in [3.63, 3.8) is 0 Å². The van der Waals surface area contributed by atoms with Crippen LogP contribution in [0.25, 0.3) is 10.9 Å². The van der Waals surface area contributed by atoms with Crippen LogP contribution in [0.3, 0.4) is 0 Å². The number of fused-ring (bicyclic) bond motifs is 1. The van der Waals surface area contributed by atoms with E-state index >= 15 is 0 Å². The summed E-state index contributed by atoms with van der Waals surface area (Å²) in [6.07, 6.45) is -0.399. The number of aliphatic imine (C=N–C) groups is 1. The van der Waals surface area contributed by atoms with Crippen molar-refractivity contribution in [2.75, 3.05) is 6.54 Å². The third-order valence-corrected chi connectivity index (χ3v) is 6.09. The molecule has 1 aromatic carbocycles. The molecule has 0 spiro atoms. The normalized spacial score (nSPS) is 14.6. The number of carboxylic acid groups (broad SMARTS) is 2. The van der Waals surface area contributed by atoms with Crippen LogP contribution in [0.4, 0.5) is 0 Å². The van der Waals surface area contributed by atoms with Crippen molar-refractivity contribution in [2.24, 2.45) is 22.2 Å². The maximum Gasteiger partial charge on any atom is 0.326 e. The lowest BCUT2D eigenvalue weighted by Gasteiger charge is -2.26. The summed E-state index contributed by atoms with van der Waals surface area (Å²) in [4.78, 5) is 68.6. The summed E-state index contributed by atoms with van der Waals surface area (Å²) in [5.74, 6) is -5.92. The van der Waals surface area contributed by atoms with Crippen LogP contribution < -0.4 is 33.2 Å². The first-order valence-electron chi connectivity index (χ1n) is 12.7. The number of nitrogens with zero attached hydrogens (tertiary/aromatic N) is 1. The number of hydrogen-bond donors (Lipinski definition) is 10. The summed E-state index contributed by atoms with van der Waals surface area (Å²) < 4.78 is 0. The van der Waals surface area contributed by atoms with E-state index in [-0.39, 0.29) is 25.3 Å². The van der Waals surface area contributed by atoms with Crippen LogP contribution in [0.15, 0.2) is 35.5 Å². The number of aliphatic hydroxyl groups excluding tert-OH is 1. The second-order valence-corrected chi connectivity index (χ2v) is 9.40. The molecule has 1 aromatic heterocycles. The fourth-order valence-electron chi connectivity index (χ4n) is 3.95. The van der Waals surface area contributed by atoms with Crippen LogP contribution >= 0.6 is 0 Å². The molecule has 0 bridgehead atoms. The highest BCUT2D eigenvalue weighted by atomic mass is 16.4. The van der Waals surface area contributed by atoms with Crippen LogP contribution in [0.1, 0.15) is 31.7 Å². The van der Waals surface area contributed by atoms with Gasteiger partial charge in [0.2, 0.25) is 17.7 Å². The molecule has 0 saturated heterocycles. The van der Waals surface area contributed by atoms with Crippen molar-refractivity contribution in [1.82, 2.24) is 20.9 Å². The van der Waals surface area contributed by atoms with Gasteiger partial charge in [0, 0.05) is 30.1 Å². The molecule has 0 saturated carbocycles. The predicted molar refractivity (Wildman–Crippen MR) is 147 cm³/mol. The third kappa shape index (κ3) is 10.1. The quantitative estimate of drug-likeness (QED) is 0.0565. The van der Waals surface area contributed by atoms with Crippen LogP contribution in [-0.2, 0) is 30.4 Å². The molecule has 0 aliphatic rings. The maximum atomic E-state index is 13.0. The number of H-pyrrole nitrogens is 1. The van der Waals surface area contributed by atoms with Gasteiger partial charge in [0.05, 0.1) is 18.6 Å². The van der Waals surface area contributed by atoms with E-state index in [0.717, 1.165) is 10.9 Å². The molecule has 224 valence electrons. The number of aliphatic carboxylic acids is 2. The number of carboxylic acids is 2. The third-order valence-electron chi connectivity index (χ3n) is 6.09. The molecule has 5 atom stereocenters. The molecule has 0 aliphatic heterocycles. The van der Waals surface area contributed by atoms with Crippen molar-refractivity contribution in [3.05, 3.63) is 36.0 Å². The number of aliphatic hydroxyl groups is 1. The van der Waals surface area contributed by atoms with Gasteiger partial charge >= 0.3 is 11.9 Å². The largest absolute Gasteiger partial charge is 0.481 e. The number of nitrogens with two attached hydrogens (primary N) is 3. The SMILES string of the molecule is CC(O)C(NC(=O)C(N)CCCN=C(N)N)C(=O)NC(CC(=O)O)C(=O)NC(Cc1c[nH]c2ccccc12)C(=O)O. The Labute approximate surface area is 234 Å². The molecule has 16 nitrogen and oxygen atoms in total. The zero-order valence-electron chi connectivity index (χ0n) is 22.4. The van der Waals surface area contributed by atoms with Gasteiger partial charge in [-0.05, 0) is 31.4 Å². The van der Waals surface area contributed by atoms with Crippen molar-refractivity contribution in [3.8, 4) is 0 Å². The highest BCUT2D eigenvalue weighted by molar-refractivity contribution is 5.96. The van der Waals surface area contributed by atoms with E-state index in [1.54, 1.807) is 30.5 Å². The lowest BCUT2D eigenvalue weighted by Crippen LogP contribution is -2.60. The molecule has 0 radical (unpaired) electrons. The number of carbonyl (C=O) groups excluding carboxylic acids is 3. The van der Waals surface area contributed by atoms with Crippen molar-refractivity contribution in [2.45, 2.75) is 62.9 Å². The monoisotopic (exact) mass is 576 g/mol. The number of para-hydroxylation sites is 1. The number of guanidine groups is 1. The van der Waals surface area contributed by atoms with Crippen LogP contribution in [0.5, 0.6) is 0 Å². The van der Waals surface area contributed by atoms with Gasteiger partial charge in [-0.2, -0.15) is 0 Å². The Morgan fingerprint density at radius 1 is 0.976 bits per heavy atom.